The van der Waals surface area contributed by atoms with Gasteiger partial charge in [0.2, 0.25) is 5.91 Å². The lowest BCUT2D eigenvalue weighted by atomic mass is 10.2. The average Bonchev–Trinajstić information content (AvgIpc) is 2.68. The van der Waals surface area contributed by atoms with Crippen molar-refractivity contribution in [3.05, 3.63) is 54.6 Å². The standard InChI is InChI=1S/C20H22N2O4/c1-15(26-17-8-4-3-5-9-17)20(24)21-11-12-22(19(23)14-21)16-7-6-10-18(13-16)25-2/h3-10,13,15H,11-12,14H2,1-2H3. The maximum atomic E-state index is 12.6. The second kappa shape index (κ2) is 7.91. The summed E-state index contributed by atoms with van der Waals surface area (Å²) >= 11 is 0. The SMILES string of the molecule is COc1cccc(N2CCN(C(=O)C(C)Oc3ccccc3)CC2=O)c1. The molecule has 1 heterocycles. The van der Waals surface area contributed by atoms with Crippen molar-refractivity contribution >= 4 is 17.5 Å². The fraction of sp³-hybridized carbons (Fsp3) is 0.300. The van der Waals surface area contributed by atoms with E-state index in [4.69, 9.17) is 9.47 Å². The number of piperazine rings is 1. The summed E-state index contributed by atoms with van der Waals surface area (Å²) < 4.78 is 10.9. The van der Waals surface area contributed by atoms with Crippen LogP contribution in [0.1, 0.15) is 6.92 Å². The summed E-state index contributed by atoms with van der Waals surface area (Å²) in [6.07, 6.45) is -0.645. The van der Waals surface area contributed by atoms with Gasteiger partial charge in [0.15, 0.2) is 6.10 Å². The highest BCUT2D eigenvalue weighted by Gasteiger charge is 2.31. The summed E-state index contributed by atoms with van der Waals surface area (Å²) in [5.41, 5.74) is 0.773. The van der Waals surface area contributed by atoms with Gasteiger partial charge in [-0.3, -0.25) is 9.59 Å². The highest BCUT2D eigenvalue weighted by atomic mass is 16.5. The Labute approximate surface area is 152 Å². The van der Waals surface area contributed by atoms with E-state index in [1.807, 2.05) is 42.5 Å². The zero-order valence-corrected chi connectivity index (χ0v) is 14.9. The Balaban J connectivity index is 1.62. The number of hydrogen-bond donors (Lipinski definition) is 0. The number of rotatable bonds is 5. The van der Waals surface area contributed by atoms with Crippen LogP contribution in [0.3, 0.4) is 0 Å². The molecule has 1 aliphatic rings. The Morgan fingerprint density at radius 3 is 2.46 bits per heavy atom. The zero-order chi connectivity index (χ0) is 18.5. The molecule has 0 bridgehead atoms. The van der Waals surface area contributed by atoms with Crippen LogP contribution in [-0.4, -0.2) is 49.6 Å². The van der Waals surface area contributed by atoms with Crippen molar-refractivity contribution in [2.75, 3.05) is 31.6 Å². The lowest BCUT2D eigenvalue weighted by Gasteiger charge is -2.35. The van der Waals surface area contributed by atoms with E-state index < -0.39 is 6.10 Å². The topological polar surface area (TPSA) is 59.1 Å². The Morgan fingerprint density at radius 1 is 1.04 bits per heavy atom. The van der Waals surface area contributed by atoms with Gasteiger partial charge in [-0.2, -0.15) is 0 Å². The highest BCUT2D eigenvalue weighted by Crippen LogP contribution is 2.23. The fourth-order valence-corrected chi connectivity index (χ4v) is 2.92. The Morgan fingerprint density at radius 2 is 1.77 bits per heavy atom. The molecule has 6 nitrogen and oxygen atoms in total. The molecule has 1 fully saturated rings. The first-order valence-corrected chi connectivity index (χ1v) is 8.53. The summed E-state index contributed by atoms with van der Waals surface area (Å²) in [6, 6.07) is 16.5. The number of hydrogen-bond acceptors (Lipinski definition) is 4. The predicted octanol–water partition coefficient (Wildman–Crippen LogP) is 2.34. The van der Waals surface area contributed by atoms with Gasteiger partial charge < -0.3 is 19.3 Å². The van der Waals surface area contributed by atoms with E-state index in [1.165, 1.54) is 0 Å². The van der Waals surface area contributed by atoms with Crippen LogP contribution in [-0.2, 0) is 9.59 Å². The van der Waals surface area contributed by atoms with Crippen molar-refractivity contribution in [3.63, 3.8) is 0 Å². The van der Waals surface area contributed by atoms with Crippen molar-refractivity contribution in [2.45, 2.75) is 13.0 Å². The minimum atomic E-state index is -0.645. The van der Waals surface area contributed by atoms with Crippen LogP contribution < -0.4 is 14.4 Å². The van der Waals surface area contributed by atoms with E-state index in [0.717, 1.165) is 5.69 Å². The Bertz CT molecular complexity index is 778. The van der Waals surface area contributed by atoms with Gasteiger partial charge >= 0.3 is 0 Å². The lowest BCUT2D eigenvalue weighted by Crippen LogP contribution is -2.54. The first kappa shape index (κ1) is 17.8. The number of ether oxygens (including phenoxy) is 2. The summed E-state index contributed by atoms with van der Waals surface area (Å²) in [5, 5.41) is 0. The first-order valence-electron chi connectivity index (χ1n) is 8.53. The molecule has 0 N–H and O–H groups in total. The molecule has 3 rings (SSSR count). The first-order chi connectivity index (χ1) is 12.6. The maximum Gasteiger partial charge on any atom is 0.263 e. The molecular weight excluding hydrogens is 332 g/mol. The van der Waals surface area contributed by atoms with E-state index in [0.29, 0.717) is 24.6 Å². The van der Waals surface area contributed by atoms with E-state index in [2.05, 4.69) is 0 Å². The molecule has 1 atom stereocenters. The largest absolute Gasteiger partial charge is 0.497 e. The Hall–Kier alpha value is -3.02. The monoisotopic (exact) mass is 354 g/mol. The van der Waals surface area contributed by atoms with Crippen LogP contribution in [0.2, 0.25) is 0 Å². The second-order valence-electron chi connectivity index (χ2n) is 6.08. The summed E-state index contributed by atoms with van der Waals surface area (Å²) in [7, 11) is 1.59. The van der Waals surface area contributed by atoms with Crippen molar-refractivity contribution in [1.82, 2.24) is 4.90 Å². The third-order valence-electron chi connectivity index (χ3n) is 4.30. The number of carbonyl (C=O) groups is 2. The molecular formula is C20H22N2O4. The molecule has 2 amide bonds. The molecule has 1 unspecified atom stereocenters. The van der Waals surface area contributed by atoms with Gasteiger partial charge in [0.25, 0.3) is 5.91 Å². The van der Waals surface area contributed by atoms with Crippen molar-refractivity contribution in [1.29, 1.82) is 0 Å². The molecule has 0 saturated carbocycles. The van der Waals surface area contributed by atoms with Crippen molar-refractivity contribution in [3.8, 4) is 11.5 Å². The molecule has 26 heavy (non-hydrogen) atoms. The van der Waals surface area contributed by atoms with Crippen LogP contribution in [0.4, 0.5) is 5.69 Å². The molecule has 2 aromatic rings. The third kappa shape index (κ3) is 3.96. The minimum absolute atomic E-state index is 0.0402. The average molecular weight is 354 g/mol. The number of amides is 2. The smallest absolute Gasteiger partial charge is 0.263 e. The minimum Gasteiger partial charge on any atom is -0.497 e. The molecule has 2 aromatic carbocycles. The fourth-order valence-electron chi connectivity index (χ4n) is 2.92. The van der Waals surface area contributed by atoms with Gasteiger partial charge in [-0.15, -0.1) is 0 Å². The van der Waals surface area contributed by atoms with Crippen LogP contribution in [0, 0.1) is 0 Å². The van der Waals surface area contributed by atoms with Gasteiger partial charge in [0, 0.05) is 24.8 Å². The van der Waals surface area contributed by atoms with E-state index in [9.17, 15) is 9.59 Å². The van der Waals surface area contributed by atoms with Gasteiger partial charge in [-0.1, -0.05) is 24.3 Å². The van der Waals surface area contributed by atoms with Crippen LogP contribution in [0.25, 0.3) is 0 Å². The second-order valence-corrected chi connectivity index (χ2v) is 6.08. The molecule has 6 heteroatoms. The molecule has 1 saturated heterocycles. The summed E-state index contributed by atoms with van der Waals surface area (Å²) in [6.45, 7) is 2.65. The summed E-state index contributed by atoms with van der Waals surface area (Å²) in [4.78, 5) is 28.4. The van der Waals surface area contributed by atoms with Gasteiger partial charge in [0.05, 0.1) is 7.11 Å². The lowest BCUT2D eigenvalue weighted by molar-refractivity contribution is -0.142. The highest BCUT2D eigenvalue weighted by molar-refractivity contribution is 5.98. The van der Waals surface area contributed by atoms with E-state index in [1.54, 1.807) is 36.0 Å². The van der Waals surface area contributed by atoms with Crippen LogP contribution in [0.15, 0.2) is 54.6 Å². The number of carbonyl (C=O) groups excluding carboxylic acids is 2. The number of para-hydroxylation sites is 1. The number of benzene rings is 2. The van der Waals surface area contributed by atoms with Gasteiger partial charge in [-0.25, -0.2) is 0 Å². The zero-order valence-electron chi connectivity index (χ0n) is 14.9. The van der Waals surface area contributed by atoms with Gasteiger partial charge in [-0.05, 0) is 31.2 Å². The normalized spacial score (nSPS) is 15.5. The van der Waals surface area contributed by atoms with Crippen molar-refractivity contribution in [2.24, 2.45) is 0 Å². The molecule has 0 aromatic heterocycles. The van der Waals surface area contributed by atoms with Crippen LogP contribution >= 0.6 is 0 Å². The quantitative estimate of drug-likeness (QED) is 0.827. The molecule has 0 spiro atoms. The van der Waals surface area contributed by atoms with E-state index >= 15 is 0 Å². The van der Waals surface area contributed by atoms with E-state index in [-0.39, 0.29) is 18.4 Å². The molecule has 0 radical (unpaired) electrons. The Kier molecular flexibility index (Phi) is 5.41. The third-order valence-corrected chi connectivity index (χ3v) is 4.30. The maximum absolute atomic E-state index is 12.6. The molecule has 0 aliphatic carbocycles. The van der Waals surface area contributed by atoms with Crippen molar-refractivity contribution < 1.29 is 19.1 Å². The number of anilines is 1. The number of methoxy groups -OCH3 is 1. The summed E-state index contributed by atoms with van der Waals surface area (Å²) in [5.74, 6) is 1.02. The number of nitrogens with zero attached hydrogens (tertiary/aromatic N) is 2. The molecule has 136 valence electrons. The van der Waals surface area contributed by atoms with Crippen LogP contribution in [0.5, 0.6) is 11.5 Å². The predicted molar refractivity (Wildman–Crippen MR) is 98.5 cm³/mol. The van der Waals surface area contributed by atoms with Gasteiger partial charge in [0.1, 0.15) is 18.0 Å². The molecule has 1 aliphatic heterocycles.